The van der Waals surface area contributed by atoms with Crippen molar-refractivity contribution in [3.63, 3.8) is 0 Å². The van der Waals surface area contributed by atoms with Gasteiger partial charge in [0.2, 0.25) is 0 Å². The van der Waals surface area contributed by atoms with Crippen molar-refractivity contribution in [2.75, 3.05) is 0 Å². The van der Waals surface area contributed by atoms with E-state index in [0.717, 1.165) is 0 Å². The molecule has 2 N–H and O–H groups in total. The maximum atomic E-state index is 10.7. The molecule has 2 aromatic rings. The van der Waals surface area contributed by atoms with Gasteiger partial charge < -0.3 is 10.2 Å². The van der Waals surface area contributed by atoms with Gasteiger partial charge in [-0.25, -0.2) is 4.79 Å². The number of aromatic hydroxyl groups is 1. The van der Waals surface area contributed by atoms with Crippen LogP contribution in [0.3, 0.4) is 0 Å². The average Bonchev–Trinajstić information content (AvgIpc) is 2.38. The number of benzene rings is 2. The van der Waals surface area contributed by atoms with Crippen molar-refractivity contribution in [1.29, 1.82) is 5.26 Å². The number of aromatic carboxylic acids is 1. The average molecular weight is 239 g/mol. The second-order valence-corrected chi connectivity index (χ2v) is 3.73. The molecule has 0 aliphatic rings. The van der Waals surface area contributed by atoms with Crippen molar-refractivity contribution >= 4 is 5.97 Å². The van der Waals surface area contributed by atoms with Crippen molar-refractivity contribution in [2.24, 2.45) is 0 Å². The van der Waals surface area contributed by atoms with Gasteiger partial charge in [-0.05, 0) is 35.9 Å². The Hall–Kier alpha value is -2.80. The summed E-state index contributed by atoms with van der Waals surface area (Å²) in [6.45, 7) is 0. The lowest BCUT2D eigenvalue weighted by Gasteiger charge is -2.06. The van der Waals surface area contributed by atoms with Crippen LogP contribution in [-0.4, -0.2) is 16.2 Å². The topological polar surface area (TPSA) is 81.3 Å². The summed E-state index contributed by atoms with van der Waals surface area (Å²) >= 11 is 0. The first-order valence-corrected chi connectivity index (χ1v) is 5.18. The number of phenolic OH excluding ortho intramolecular Hbond substituents is 1. The lowest BCUT2D eigenvalue weighted by atomic mass is 10.0. The molecule has 0 saturated carbocycles. The molecular weight excluding hydrogens is 230 g/mol. The van der Waals surface area contributed by atoms with Gasteiger partial charge in [-0.1, -0.05) is 12.1 Å². The number of phenols is 1. The fourth-order valence-corrected chi connectivity index (χ4v) is 1.67. The lowest BCUT2D eigenvalue weighted by Crippen LogP contribution is -1.95. The van der Waals surface area contributed by atoms with Crippen LogP contribution in [0.25, 0.3) is 11.1 Å². The van der Waals surface area contributed by atoms with Crippen LogP contribution in [0.2, 0.25) is 0 Å². The largest absolute Gasteiger partial charge is 0.507 e. The van der Waals surface area contributed by atoms with Gasteiger partial charge in [0.05, 0.1) is 17.2 Å². The van der Waals surface area contributed by atoms with Crippen molar-refractivity contribution in [2.45, 2.75) is 0 Å². The third kappa shape index (κ3) is 2.15. The number of nitrogens with zero attached hydrogens (tertiary/aromatic N) is 1. The highest BCUT2D eigenvalue weighted by Crippen LogP contribution is 2.30. The van der Waals surface area contributed by atoms with Gasteiger partial charge in [0, 0.05) is 5.56 Å². The molecule has 0 fully saturated rings. The Labute approximate surface area is 103 Å². The predicted octanol–water partition coefficient (Wildman–Crippen LogP) is 2.63. The van der Waals surface area contributed by atoms with E-state index in [2.05, 4.69) is 0 Å². The van der Waals surface area contributed by atoms with Gasteiger partial charge in [0.15, 0.2) is 0 Å². The normalized spacial score (nSPS) is 9.72. The summed E-state index contributed by atoms with van der Waals surface area (Å²) in [7, 11) is 0. The highest BCUT2D eigenvalue weighted by atomic mass is 16.4. The van der Waals surface area contributed by atoms with Gasteiger partial charge in [0.25, 0.3) is 0 Å². The molecule has 0 bridgehead atoms. The quantitative estimate of drug-likeness (QED) is 0.844. The SMILES string of the molecule is N#Cc1cccc(-c2ccc(C(=O)O)cc2O)c1. The zero-order valence-corrected chi connectivity index (χ0v) is 9.29. The smallest absolute Gasteiger partial charge is 0.335 e. The summed E-state index contributed by atoms with van der Waals surface area (Å²) in [6, 6.07) is 12.9. The molecule has 0 spiro atoms. The predicted molar refractivity (Wildman–Crippen MR) is 65.2 cm³/mol. The van der Waals surface area contributed by atoms with E-state index in [1.54, 1.807) is 24.3 Å². The number of carboxylic acid groups (broad SMARTS) is 1. The lowest BCUT2D eigenvalue weighted by molar-refractivity contribution is 0.0696. The molecule has 88 valence electrons. The number of nitriles is 1. The number of rotatable bonds is 2. The minimum absolute atomic E-state index is 0.0210. The van der Waals surface area contributed by atoms with E-state index >= 15 is 0 Å². The molecule has 0 amide bonds. The maximum absolute atomic E-state index is 10.7. The van der Waals surface area contributed by atoms with Gasteiger partial charge >= 0.3 is 5.97 Å². The number of carboxylic acids is 1. The molecule has 0 aliphatic heterocycles. The Morgan fingerprint density at radius 1 is 1.17 bits per heavy atom. The molecule has 0 aromatic heterocycles. The Morgan fingerprint density at radius 2 is 1.94 bits per heavy atom. The zero-order chi connectivity index (χ0) is 13.1. The number of hydrogen-bond donors (Lipinski definition) is 2. The van der Waals surface area contributed by atoms with Crippen LogP contribution in [-0.2, 0) is 0 Å². The van der Waals surface area contributed by atoms with E-state index in [-0.39, 0.29) is 11.3 Å². The third-order valence-electron chi connectivity index (χ3n) is 2.55. The molecule has 4 heteroatoms. The minimum atomic E-state index is -1.09. The van der Waals surface area contributed by atoms with E-state index < -0.39 is 5.97 Å². The van der Waals surface area contributed by atoms with Crippen molar-refractivity contribution in [1.82, 2.24) is 0 Å². The summed E-state index contributed by atoms with van der Waals surface area (Å²) in [5, 5.41) is 27.4. The standard InChI is InChI=1S/C14H9NO3/c15-8-9-2-1-3-10(6-9)12-5-4-11(14(17)18)7-13(12)16/h1-7,16H,(H,17,18). The fourth-order valence-electron chi connectivity index (χ4n) is 1.67. The van der Waals surface area contributed by atoms with Gasteiger partial charge in [0.1, 0.15) is 5.75 Å². The van der Waals surface area contributed by atoms with Crippen LogP contribution in [0.1, 0.15) is 15.9 Å². The van der Waals surface area contributed by atoms with E-state index in [9.17, 15) is 9.90 Å². The Kier molecular flexibility index (Phi) is 2.98. The molecule has 0 saturated heterocycles. The summed E-state index contributed by atoms with van der Waals surface area (Å²) in [5.74, 6) is -1.22. The highest BCUT2D eigenvalue weighted by Gasteiger charge is 2.09. The molecule has 0 radical (unpaired) electrons. The van der Waals surface area contributed by atoms with Crippen molar-refractivity contribution < 1.29 is 15.0 Å². The van der Waals surface area contributed by atoms with Crippen molar-refractivity contribution in [3.05, 3.63) is 53.6 Å². The summed E-state index contributed by atoms with van der Waals surface area (Å²) in [6.07, 6.45) is 0. The molecule has 0 unspecified atom stereocenters. The summed E-state index contributed by atoms with van der Waals surface area (Å²) < 4.78 is 0. The van der Waals surface area contributed by atoms with Gasteiger partial charge in [-0.15, -0.1) is 0 Å². The Balaban J connectivity index is 2.51. The first-order valence-electron chi connectivity index (χ1n) is 5.18. The van der Waals surface area contributed by atoms with E-state index in [4.69, 9.17) is 10.4 Å². The summed E-state index contributed by atoms with van der Waals surface area (Å²) in [5.41, 5.74) is 1.67. The Morgan fingerprint density at radius 3 is 2.56 bits per heavy atom. The van der Waals surface area contributed by atoms with E-state index in [1.165, 1.54) is 18.2 Å². The second kappa shape index (κ2) is 4.60. The monoisotopic (exact) mass is 239 g/mol. The number of carbonyl (C=O) groups is 1. The van der Waals surface area contributed by atoms with Crippen LogP contribution in [0.15, 0.2) is 42.5 Å². The first kappa shape index (κ1) is 11.7. The van der Waals surface area contributed by atoms with E-state index in [1.807, 2.05) is 6.07 Å². The summed E-state index contributed by atoms with van der Waals surface area (Å²) in [4.78, 5) is 10.7. The van der Waals surface area contributed by atoms with Gasteiger partial charge in [-0.3, -0.25) is 0 Å². The molecule has 0 heterocycles. The van der Waals surface area contributed by atoms with Crippen LogP contribution in [0.4, 0.5) is 0 Å². The molecule has 0 atom stereocenters. The van der Waals surface area contributed by atoms with E-state index in [0.29, 0.717) is 16.7 Å². The van der Waals surface area contributed by atoms with Gasteiger partial charge in [-0.2, -0.15) is 5.26 Å². The van der Waals surface area contributed by atoms with Crippen molar-refractivity contribution in [3.8, 4) is 22.9 Å². The molecule has 0 aliphatic carbocycles. The molecule has 2 aromatic carbocycles. The molecule has 4 nitrogen and oxygen atoms in total. The first-order chi connectivity index (χ1) is 8.61. The van der Waals surface area contributed by atoms with Crippen LogP contribution in [0.5, 0.6) is 5.75 Å². The highest BCUT2D eigenvalue weighted by molar-refractivity contribution is 5.89. The molecule has 18 heavy (non-hydrogen) atoms. The molecule has 2 rings (SSSR count). The fraction of sp³-hybridized carbons (Fsp3) is 0. The minimum Gasteiger partial charge on any atom is -0.507 e. The van der Waals surface area contributed by atoms with Crippen LogP contribution >= 0.6 is 0 Å². The second-order valence-electron chi connectivity index (χ2n) is 3.73. The molecular formula is C14H9NO3. The van der Waals surface area contributed by atoms with Crippen LogP contribution < -0.4 is 0 Å². The van der Waals surface area contributed by atoms with Crippen LogP contribution in [0, 0.1) is 11.3 Å². The number of hydrogen-bond acceptors (Lipinski definition) is 3. The Bertz CT molecular complexity index is 656. The maximum Gasteiger partial charge on any atom is 0.335 e. The third-order valence-corrected chi connectivity index (χ3v) is 2.55. The zero-order valence-electron chi connectivity index (χ0n) is 9.29.